The second-order valence-electron chi connectivity index (χ2n) is 5.71. The summed E-state index contributed by atoms with van der Waals surface area (Å²) >= 11 is 0. The van der Waals surface area contributed by atoms with Gasteiger partial charge in [-0.15, -0.1) is 0 Å². The highest BCUT2D eigenvalue weighted by molar-refractivity contribution is 5.94. The molecule has 2 aromatic rings. The molecular weight excluding hydrogens is 264 g/mol. The molecule has 1 fully saturated rings. The number of amides is 1. The summed E-state index contributed by atoms with van der Waals surface area (Å²) in [5.41, 5.74) is 3.67. The third-order valence-corrected chi connectivity index (χ3v) is 4.13. The third kappa shape index (κ3) is 2.44. The van der Waals surface area contributed by atoms with E-state index in [1.165, 1.54) is 0 Å². The molecule has 1 amide bonds. The summed E-state index contributed by atoms with van der Waals surface area (Å²) in [5.74, 6) is 0.0243. The van der Waals surface area contributed by atoms with Crippen LogP contribution in [0.25, 0.3) is 0 Å². The Morgan fingerprint density at radius 3 is 2.86 bits per heavy atom. The zero-order valence-electron chi connectivity index (χ0n) is 12.7. The summed E-state index contributed by atoms with van der Waals surface area (Å²) in [4.78, 5) is 19.1. The van der Waals surface area contributed by atoms with Crippen LogP contribution < -0.4 is 0 Å². The third-order valence-electron chi connectivity index (χ3n) is 4.13. The maximum absolute atomic E-state index is 12.8. The summed E-state index contributed by atoms with van der Waals surface area (Å²) < 4.78 is 1.85. The van der Waals surface area contributed by atoms with Crippen LogP contribution in [-0.2, 0) is 7.05 Å². The average molecular weight is 284 g/mol. The fraction of sp³-hybridized carbons (Fsp3) is 0.438. The second-order valence-corrected chi connectivity index (χ2v) is 5.71. The summed E-state index contributed by atoms with van der Waals surface area (Å²) in [5, 5.41) is 4.22. The Bertz CT molecular complexity index is 677. The zero-order valence-corrected chi connectivity index (χ0v) is 12.7. The van der Waals surface area contributed by atoms with E-state index in [4.69, 9.17) is 0 Å². The normalized spacial score (nSPS) is 18.2. The highest BCUT2D eigenvalue weighted by atomic mass is 16.2. The number of aromatic nitrogens is 3. The summed E-state index contributed by atoms with van der Waals surface area (Å²) in [6.45, 7) is 4.72. The van der Waals surface area contributed by atoms with Gasteiger partial charge in [-0.25, -0.2) is 0 Å². The lowest BCUT2D eigenvalue weighted by Crippen LogP contribution is -2.32. The first-order valence-corrected chi connectivity index (χ1v) is 7.30. The minimum absolute atomic E-state index is 0.0243. The minimum atomic E-state index is 0.0243. The van der Waals surface area contributed by atoms with Crippen molar-refractivity contribution in [1.29, 1.82) is 0 Å². The van der Waals surface area contributed by atoms with E-state index in [0.717, 1.165) is 36.2 Å². The number of carbonyl (C=O) groups is 1. The van der Waals surface area contributed by atoms with E-state index in [1.54, 1.807) is 12.4 Å². The summed E-state index contributed by atoms with van der Waals surface area (Å²) in [6, 6.07) is 4.11. The molecule has 1 aliphatic heterocycles. The molecule has 3 rings (SSSR count). The van der Waals surface area contributed by atoms with Crippen LogP contribution in [0.15, 0.2) is 24.5 Å². The Morgan fingerprint density at radius 1 is 1.38 bits per heavy atom. The molecule has 0 aromatic carbocycles. The monoisotopic (exact) mass is 284 g/mol. The van der Waals surface area contributed by atoms with Gasteiger partial charge >= 0.3 is 0 Å². The summed E-state index contributed by atoms with van der Waals surface area (Å²) in [7, 11) is 1.92. The molecule has 0 radical (unpaired) electrons. The van der Waals surface area contributed by atoms with Crippen LogP contribution in [0.2, 0.25) is 0 Å². The van der Waals surface area contributed by atoms with Crippen molar-refractivity contribution >= 4 is 5.91 Å². The van der Waals surface area contributed by atoms with Crippen LogP contribution in [0, 0.1) is 13.8 Å². The Labute approximate surface area is 124 Å². The van der Waals surface area contributed by atoms with Crippen LogP contribution in [0.1, 0.15) is 46.2 Å². The largest absolute Gasteiger partial charge is 0.329 e. The Hall–Kier alpha value is -2.17. The number of hydrogen-bond donors (Lipinski definition) is 0. The first-order valence-electron chi connectivity index (χ1n) is 7.30. The van der Waals surface area contributed by atoms with Gasteiger partial charge in [0.25, 0.3) is 5.91 Å². The first-order chi connectivity index (χ1) is 10.1. The van der Waals surface area contributed by atoms with Gasteiger partial charge in [0.15, 0.2) is 0 Å². The van der Waals surface area contributed by atoms with E-state index in [2.05, 4.69) is 10.1 Å². The van der Waals surface area contributed by atoms with Crippen molar-refractivity contribution in [3.05, 3.63) is 47.0 Å². The number of rotatable bonds is 2. The van der Waals surface area contributed by atoms with Crippen molar-refractivity contribution in [2.45, 2.75) is 32.7 Å². The van der Waals surface area contributed by atoms with Gasteiger partial charge in [0.2, 0.25) is 0 Å². The Balaban J connectivity index is 1.92. The maximum atomic E-state index is 12.8. The first kappa shape index (κ1) is 13.8. The molecule has 1 saturated heterocycles. The molecule has 0 spiro atoms. The van der Waals surface area contributed by atoms with Crippen molar-refractivity contribution in [3.63, 3.8) is 0 Å². The van der Waals surface area contributed by atoms with Crippen LogP contribution in [0.4, 0.5) is 0 Å². The average Bonchev–Trinajstić information content (AvgIpc) is 3.06. The van der Waals surface area contributed by atoms with E-state index in [1.807, 2.05) is 42.6 Å². The molecule has 0 N–H and O–H groups in total. The molecular formula is C16H20N4O. The van der Waals surface area contributed by atoms with E-state index in [-0.39, 0.29) is 11.9 Å². The van der Waals surface area contributed by atoms with E-state index in [0.29, 0.717) is 5.69 Å². The van der Waals surface area contributed by atoms with Crippen LogP contribution in [0.3, 0.4) is 0 Å². The fourth-order valence-corrected chi connectivity index (χ4v) is 3.10. The van der Waals surface area contributed by atoms with Crippen LogP contribution >= 0.6 is 0 Å². The van der Waals surface area contributed by atoms with Crippen LogP contribution in [-0.4, -0.2) is 32.1 Å². The molecule has 2 aromatic heterocycles. The van der Waals surface area contributed by atoms with Crippen molar-refractivity contribution in [3.8, 4) is 0 Å². The van der Waals surface area contributed by atoms with Gasteiger partial charge in [0.05, 0.1) is 11.7 Å². The smallest absolute Gasteiger partial charge is 0.273 e. The van der Waals surface area contributed by atoms with Crippen molar-refractivity contribution in [2.75, 3.05) is 6.54 Å². The SMILES string of the molecule is Cc1cnc(C(=O)N2CCCC2c2ccnn2C)c(C)c1. The number of likely N-dealkylation sites (tertiary alicyclic amines) is 1. The number of pyridine rings is 1. The highest BCUT2D eigenvalue weighted by Gasteiger charge is 2.33. The highest BCUT2D eigenvalue weighted by Crippen LogP contribution is 2.32. The van der Waals surface area contributed by atoms with Gasteiger partial charge < -0.3 is 4.90 Å². The second kappa shape index (κ2) is 5.31. The molecule has 1 aliphatic rings. The van der Waals surface area contributed by atoms with Gasteiger partial charge in [0, 0.05) is 26.0 Å². The van der Waals surface area contributed by atoms with Gasteiger partial charge in [0.1, 0.15) is 5.69 Å². The number of carbonyl (C=O) groups excluding carboxylic acids is 1. The predicted octanol–water partition coefficient (Wildman–Crippen LogP) is 2.41. The lowest BCUT2D eigenvalue weighted by atomic mass is 10.1. The van der Waals surface area contributed by atoms with Gasteiger partial charge in [-0.05, 0) is 43.9 Å². The van der Waals surface area contributed by atoms with Crippen molar-refractivity contribution in [2.24, 2.45) is 7.05 Å². The number of nitrogens with zero attached hydrogens (tertiary/aromatic N) is 4. The van der Waals surface area contributed by atoms with Crippen molar-refractivity contribution < 1.29 is 4.79 Å². The standard InChI is InChI=1S/C16H20N4O/c1-11-9-12(2)15(17-10-11)16(21)20-8-4-5-14(20)13-6-7-18-19(13)3/h6-7,9-10,14H,4-5,8H2,1-3H3. The number of aryl methyl sites for hydroxylation is 3. The van der Waals surface area contributed by atoms with E-state index >= 15 is 0 Å². The van der Waals surface area contributed by atoms with Crippen molar-refractivity contribution in [1.82, 2.24) is 19.7 Å². The fourth-order valence-electron chi connectivity index (χ4n) is 3.10. The molecule has 0 saturated carbocycles. The summed E-state index contributed by atoms with van der Waals surface area (Å²) in [6.07, 6.45) is 5.55. The quantitative estimate of drug-likeness (QED) is 0.851. The molecule has 5 nitrogen and oxygen atoms in total. The number of hydrogen-bond acceptors (Lipinski definition) is 3. The minimum Gasteiger partial charge on any atom is -0.329 e. The zero-order chi connectivity index (χ0) is 15.0. The molecule has 110 valence electrons. The Morgan fingerprint density at radius 2 is 2.19 bits per heavy atom. The van der Waals surface area contributed by atoms with Crippen LogP contribution in [0.5, 0.6) is 0 Å². The molecule has 21 heavy (non-hydrogen) atoms. The molecule has 3 heterocycles. The molecule has 1 unspecified atom stereocenters. The van der Waals surface area contributed by atoms with E-state index in [9.17, 15) is 4.79 Å². The van der Waals surface area contributed by atoms with Gasteiger partial charge in [-0.3, -0.25) is 14.5 Å². The van der Waals surface area contributed by atoms with E-state index < -0.39 is 0 Å². The molecule has 5 heteroatoms. The topological polar surface area (TPSA) is 51.0 Å². The molecule has 0 bridgehead atoms. The molecule has 0 aliphatic carbocycles. The van der Waals surface area contributed by atoms with Gasteiger partial charge in [-0.2, -0.15) is 5.10 Å². The van der Waals surface area contributed by atoms with Gasteiger partial charge in [-0.1, -0.05) is 6.07 Å². The maximum Gasteiger partial charge on any atom is 0.273 e. The lowest BCUT2D eigenvalue weighted by molar-refractivity contribution is 0.0723. The lowest BCUT2D eigenvalue weighted by Gasteiger charge is -2.25. The molecule has 1 atom stereocenters. The predicted molar refractivity (Wildman–Crippen MR) is 79.9 cm³/mol. The Kier molecular flexibility index (Phi) is 3.49.